The van der Waals surface area contributed by atoms with Crippen molar-refractivity contribution >= 4 is 23.3 Å². The van der Waals surface area contributed by atoms with Crippen LogP contribution in [0.4, 0.5) is 4.79 Å². The molecule has 152 valence electrons. The van der Waals surface area contributed by atoms with E-state index in [0.717, 1.165) is 24.8 Å². The molecule has 3 N–H and O–H groups in total. The fraction of sp³-hybridized carbons (Fsp3) is 0.364. The molecule has 6 nitrogen and oxygen atoms in total. The third-order valence-corrected chi connectivity index (χ3v) is 6.02. The molecule has 3 rings (SSSR count). The molecule has 1 aliphatic carbocycles. The summed E-state index contributed by atoms with van der Waals surface area (Å²) in [7, 11) is 0. The van der Waals surface area contributed by atoms with Crippen molar-refractivity contribution in [3.8, 4) is 18.1 Å². The van der Waals surface area contributed by atoms with Gasteiger partial charge in [-0.15, -0.1) is 17.8 Å². The Labute approximate surface area is 175 Å². The summed E-state index contributed by atoms with van der Waals surface area (Å²) in [6.07, 6.45) is 9.02. The second-order valence-electron chi connectivity index (χ2n) is 7.13. The summed E-state index contributed by atoms with van der Waals surface area (Å²) >= 11 is 1.51. The van der Waals surface area contributed by atoms with Gasteiger partial charge in [0.05, 0.1) is 4.88 Å². The van der Waals surface area contributed by atoms with Crippen molar-refractivity contribution in [2.75, 3.05) is 13.2 Å². The predicted octanol–water partition coefficient (Wildman–Crippen LogP) is 3.07. The first-order valence-corrected chi connectivity index (χ1v) is 10.5. The summed E-state index contributed by atoms with van der Waals surface area (Å²) in [6.45, 7) is 2.91. The highest BCUT2D eigenvalue weighted by Crippen LogP contribution is 2.32. The van der Waals surface area contributed by atoms with Crippen molar-refractivity contribution in [3.05, 3.63) is 51.2 Å². The Balaban J connectivity index is 1.38. The first-order valence-electron chi connectivity index (χ1n) is 9.66. The molecule has 7 heteroatoms. The van der Waals surface area contributed by atoms with Gasteiger partial charge in [-0.3, -0.25) is 10.2 Å². The van der Waals surface area contributed by atoms with Gasteiger partial charge in [0.25, 0.3) is 5.91 Å². The van der Waals surface area contributed by atoms with E-state index in [0.29, 0.717) is 29.5 Å². The van der Waals surface area contributed by atoms with Gasteiger partial charge in [0.1, 0.15) is 12.4 Å². The minimum absolute atomic E-state index is 0.236. The number of thiophene rings is 1. The van der Waals surface area contributed by atoms with Crippen molar-refractivity contribution in [2.45, 2.75) is 32.6 Å². The highest BCUT2D eigenvalue weighted by molar-refractivity contribution is 7.14. The Morgan fingerprint density at radius 1 is 1.28 bits per heavy atom. The fourth-order valence-electron chi connectivity index (χ4n) is 3.23. The van der Waals surface area contributed by atoms with E-state index in [1.165, 1.54) is 21.8 Å². The van der Waals surface area contributed by atoms with Crippen LogP contribution in [-0.2, 0) is 19.3 Å². The third kappa shape index (κ3) is 6.00. The largest absolute Gasteiger partial charge is 0.481 e. The number of carbonyl (C=O) groups is 2. The number of ether oxygens (including phenoxy) is 1. The maximum absolute atomic E-state index is 12.3. The molecule has 1 aromatic carbocycles. The number of fused-ring (bicyclic) bond motifs is 1. The zero-order valence-electron chi connectivity index (χ0n) is 16.4. The minimum Gasteiger partial charge on any atom is -0.481 e. The fourth-order valence-corrected chi connectivity index (χ4v) is 4.34. The molecule has 1 atom stereocenters. The molecule has 2 aromatic rings. The Kier molecular flexibility index (Phi) is 7.14. The number of benzene rings is 1. The second kappa shape index (κ2) is 9.99. The van der Waals surface area contributed by atoms with Gasteiger partial charge in [-0.2, -0.15) is 0 Å². The number of hydrazine groups is 1. The van der Waals surface area contributed by atoms with Crippen molar-refractivity contribution in [3.63, 3.8) is 0 Å². The van der Waals surface area contributed by atoms with Gasteiger partial charge in [-0.1, -0.05) is 25.0 Å². The van der Waals surface area contributed by atoms with Crippen LogP contribution in [0.2, 0.25) is 0 Å². The van der Waals surface area contributed by atoms with Gasteiger partial charge in [-0.05, 0) is 60.9 Å². The van der Waals surface area contributed by atoms with Crippen LogP contribution in [0.3, 0.4) is 0 Å². The van der Waals surface area contributed by atoms with Crippen LogP contribution in [0.25, 0.3) is 0 Å². The summed E-state index contributed by atoms with van der Waals surface area (Å²) in [5.41, 5.74) is 7.20. The van der Waals surface area contributed by atoms with Gasteiger partial charge < -0.3 is 10.1 Å². The Morgan fingerprint density at radius 2 is 2.07 bits per heavy atom. The molecule has 29 heavy (non-hydrogen) atoms. The first-order chi connectivity index (χ1) is 14.0. The summed E-state index contributed by atoms with van der Waals surface area (Å²) < 4.78 is 5.32. The number of rotatable bonds is 6. The van der Waals surface area contributed by atoms with Gasteiger partial charge in [0, 0.05) is 11.4 Å². The van der Waals surface area contributed by atoms with E-state index in [1.807, 2.05) is 30.3 Å². The molecule has 0 fully saturated rings. The van der Waals surface area contributed by atoms with E-state index in [4.69, 9.17) is 11.2 Å². The number of hydrogen-bond donors (Lipinski definition) is 3. The second-order valence-corrected chi connectivity index (χ2v) is 8.27. The lowest BCUT2D eigenvalue weighted by molar-refractivity contribution is 0.0940. The quantitative estimate of drug-likeness (QED) is 0.505. The lowest BCUT2D eigenvalue weighted by atomic mass is 9.90. The van der Waals surface area contributed by atoms with Crippen molar-refractivity contribution in [2.24, 2.45) is 5.92 Å². The van der Waals surface area contributed by atoms with E-state index < -0.39 is 6.03 Å². The smallest absolute Gasteiger partial charge is 0.333 e. The van der Waals surface area contributed by atoms with E-state index in [2.05, 4.69) is 29.0 Å². The van der Waals surface area contributed by atoms with Crippen LogP contribution in [0.1, 0.15) is 39.0 Å². The highest BCUT2D eigenvalue weighted by Gasteiger charge is 2.20. The zero-order chi connectivity index (χ0) is 20.6. The van der Waals surface area contributed by atoms with Gasteiger partial charge in [0.15, 0.2) is 0 Å². The summed E-state index contributed by atoms with van der Waals surface area (Å²) in [4.78, 5) is 26.1. The lowest BCUT2D eigenvalue weighted by Gasteiger charge is -2.16. The van der Waals surface area contributed by atoms with Crippen LogP contribution in [0.15, 0.2) is 30.3 Å². The molecule has 0 spiro atoms. The minimum atomic E-state index is -0.442. The number of carbonyl (C=O) groups excluding carboxylic acids is 2. The monoisotopic (exact) mass is 411 g/mol. The van der Waals surface area contributed by atoms with Crippen LogP contribution < -0.4 is 20.9 Å². The number of hydrogen-bond acceptors (Lipinski definition) is 4. The average Bonchev–Trinajstić information content (AvgIpc) is 3.14. The molecule has 1 aliphatic rings. The van der Waals surface area contributed by atoms with Gasteiger partial charge >= 0.3 is 6.03 Å². The molecule has 1 heterocycles. The van der Waals surface area contributed by atoms with Gasteiger partial charge in [-0.25, -0.2) is 10.2 Å². The Bertz CT molecular complexity index is 899. The van der Waals surface area contributed by atoms with E-state index >= 15 is 0 Å². The van der Waals surface area contributed by atoms with Crippen LogP contribution in [0, 0.1) is 18.3 Å². The number of amides is 3. The summed E-state index contributed by atoms with van der Waals surface area (Å²) in [6, 6.07) is 9.03. The number of terminal acetylenes is 1. The molecule has 0 saturated carbocycles. The van der Waals surface area contributed by atoms with Gasteiger partial charge in [0.2, 0.25) is 0 Å². The van der Waals surface area contributed by atoms with Crippen molar-refractivity contribution in [1.82, 2.24) is 16.2 Å². The zero-order valence-corrected chi connectivity index (χ0v) is 17.2. The molecule has 0 aliphatic heterocycles. The topological polar surface area (TPSA) is 79.5 Å². The number of urea groups is 1. The molecule has 0 radical (unpaired) electrons. The molecule has 1 aromatic heterocycles. The number of aryl methyl sites for hydroxylation is 1. The highest BCUT2D eigenvalue weighted by atomic mass is 32.1. The van der Waals surface area contributed by atoms with Crippen LogP contribution in [-0.4, -0.2) is 25.1 Å². The number of nitrogens with one attached hydrogen (secondary N) is 3. The molecular formula is C22H25N3O3S. The Morgan fingerprint density at radius 3 is 2.83 bits per heavy atom. The standard InChI is InChI=1S/C22H25N3O3S/c1-3-12-28-18-7-5-16(6-8-18)10-11-23-22(27)25-24-21(26)20-14-17-13-15(2)4-9-19(17)29-20/h1,5-8,14-15H,4,9-13H2,2H3,(H,24,26)(H2,23,25,27). The maximum atomic E-state index is 12.3. The lowest BCUT2D eigenvalue weighted by Crippen LogP contribution is -2.47. The van der Waals surface area contributed by atoms with E-state index in [9.17, 15) is 9.59 Å². The first kappa shape index (κ1) is 20.7. The molecule has 0 saturated heterocycles. The van der Waals surface area contributed by atoms with E-state index in [-0.39, 0.29) is 12.5 Å². The third-order valence-electron chi connectivity index (χ3n) is 4.79. The van der Waals surface area contributed by atoms with Crippen LogP contribution in [0.5, 0.6) is 5.75 Å². The normalized spacial score (nSPS) is 15.0. The molecule has 0 bridgehead atoms. The Hall–Kier alpha value is -2.98. The average molecular weight is 412 g/mol. The summed E-state index contributed by atoms with van der Waals surface area (Å²) in [5, 5.41) is 2.72. The van der Waals surface area contributed by atoms with E-state index in [1.54, 1.807) is 0 Å². The molecule has 3 amide bonds. The molecule has 1 unspecified atom stereocenters. The summed E-state index contributed by atoms with van der Waals surface area (Å²) in [5.74, 6) is 3.50. The molecular weight excluding hydrogens is 386 g/mol. The van der Waals surface area contributed by atoms with Crippen molar-refractivity contribution in [1.29, 1.82) is 0 Å². The SMILES string of the molecule is C#CCOc1ccc(CCNC(=O)NNC(=O)c2cc3c(s2)CCC(C)C3)cc1. The maximum Gasteiger partial charge on any atom is 0.333 e. The van der Waals surface area contributed by atoms with Crippen LogP contribution >= 0.6 is 11.3 Å². The predicted molar refractivity (Wildman–Crippen MR) is 114 cm³/mol. The van der Waals surface area contributed by atoms with Crippen molar-refractivity contribution < 1.29 is 14.3 Å².